The van der Waals surface area contributed by atoms with Crippen molar-refractivity contribution in [2.75, 3.05) is 11.9 Å². The molecule has 0 saturated carbocycles. The Hall–Kier alpha value is -1.29. The Balaban J connectivity index is 2.08. The SMILES string of the molecule is CCOc1ccc(-n2cc(CCCBr)cn2)cc1. The van der Waals surface area contributed by atoms with Crippen LogP contribution in [-0.2, 0) is 6.42 Å². The first-order valence-electron chi connectivity index (χ1n) is 6.16. The van der Waals surface area contributed by atoms with Gasteiger partial charge in [0.25, 0.3) is 0 Å². The van der Waals surface area contributed by atoms with Crippen LogP contribution < -0.4 is 4.74 Å². The van der Waals surface area contributed by atoms with Crippen molar-refractivity contribution in [2.45, 2.75) is 19.8 Å². The molecule has 96 valence electrons. The number of hydrogen-bond donors (Lipinski definition) is 0. The van der Waals surface area contributed by atoms with Gasteiger partial charge in [-0.05, 0) is 49.6 Å². The van der Waals surface area contributed by atoms with Gasteiger partial charge in [0.15, 0.2) is 0 Å². The van der Waals surface area contributed by atoms with Gasteiger partial charge in [0.05, 0.1) is 18.5 Å². The fraction of sp³-hybridized carbons (Fsp3) is 0.357. The first kappa shape index (κ1) is 13.1. The largest absolute Gasteiger partial charge is 0.494 e. The highest BCUT2D eigenvalue weighted by molar-refractivity contribution is 9.09. The van der Waals surface area contributed by atoms with Crippen LogP contribution in [0, 0.1) is 0 Å². The van der Waals surface area contributed by atoms with Crippen molar-refractivity contribution in [1.82, 2.24) is 9.78 Å². The first-order chi connectivity index (χ1) is 8.83. The minimum absolute atomic E-state index is 0.692. The molecule has 2 rings (SSSR count). The zero-order valence-electron chi connectivity index (χ0n) is 10.5. The Bertz CT molecular complexity index is 479. The van der Waals surface area contributed by atoms with Crippen molar-refractivity contribution in [3.05, 3.63) is 42.2 Å². The van der Waals surface area contributed by atoms with E-state index in [2.05, 4.69) is 27.2 Å². The van der Waals surface area contributed by atoms with Gasteiger partial charge in [-0.3, -0.25) is 0 Å². The van der Waals surface area contributed by atoms with Crippen LogP contribution in [0.25, 0.3) is 5.69 Å². The van der Waals surface area contributed by atoms with E-state index in [0.717, 1.165) is 29.6 Å². The number of alkyl halides is 1. The van der Waals surface area contributed by atoms with E-state index in [4.69, 9.17) is 4.74 Å². The van der Waals surface area contributed by atoms with Gasteiger partial charge < -0.3 is 4.74 Å². The molecule has 1 aromatic heterocycles. The molecule has 2 aromatic rings. The molecule has 0 fully saturated rings. The number of ether oxygens (including phenoxy) is 1. The van der Waals surface area contributed by atoms with Gasteiger partial charge >= 0.3 is 0 Å². The summed E-state index contributed by atoms with van der Waals surface area (Å²) in [5.41, 5.74) is 2.33. The second-order valence-electron chi connectivity index (χ2n) is 4.01. The maximum absolute atomic E-state index is 5.42. The third kappa shape index (κ3) is 3.35. The number of aromatic nitrogens is 2. The number of nitrogens with zero attached hydrogens (tertiary/aromatic N) is 2. The van der Waals surface area contributed by atoms with E-state index in [0.29, 0.717) is 6.61 Å². The van der Waals surface area contributed by atoms with E-state index < -0.39 is 0 Å². The van der Waals surface area contributed by atoms with E-state index in [1.807, 2.05) is 42.1 Å². The van der Waals surface area contributed by atoms with E-state index in [-0.39, 0.29) is 0 Å². The van der Waals surface area contributed by atoms with Crippen LogP contribution in [0.5, 0.6) is 5.75 Å². The van der Waals surface area contributed by atoms with Gasteiger partial charge in [-0.1, -0.05) is 15.9 Å². The highest BCUT2D eigenvalue weighted by atomic mass is 79.9. The van der Waals surface area contributed by atoms with Gasteiger partial charge in [0.2, 0.25) is 0 Å². The zero-order valence-corrected chi connectivity index (χ0v) is 12.1. The third-order valence-corrected chi connectivity index (χ3v) is 3.21. The van der Waals surface area contributed by atoms with Gasteiger partial charge in [-0.15, -0.1) is 0 Å². The average molecular weight is 309 g/mol. The summed E-state index contributed by atoms with van der Waals surface area (Å²) >= 11 is 3.44. The van der Waals surface area contributed by atoms with Crippen LogP contribution in [0.1, 0.15) is 18.9 Å². The molecule has 3 nitrogen and oxygen atoms in total. The molecule has 0 amide bonds. The average Bonchev–Trinajstić information content (AvgIpc) is 2.86. The number of benzene rings is 1. The summed E-state index contributed by atoms with van der Waals surface area (Å²) in [6.07, 6.45) is 6.20. The molecule has 0 aliphatic rings. The summed E-state index contributed by atoms with van der Waals surface area (Å²) < 4.78 is 7.32. The molecule has 1 heterocycles. The lowest BCUT2D eigenvalue weighted by molar-refractivity contribution is 0.340. The van der Waals surface area contributed by atoms with Gasteiger partial charge in [0.1, 0.15) is 5.75 Å². The Kier molecular flexibility index (Phi) is 4.81. The van der Waals surface area contributed by atoms with E-state index in [1.165, 1.54) is 5.56 Å². The van der Waals surface area contributed by atoms with Crippen molar-refractivity contribution >= 4 is 15.9 Å². The van der Waals surface area contributed by atoms with Crippen LogP contribution in [0.2, 0.25) is 0 Å². The van der Waals surface area contributed by atoms with Crippen molar-refractivity contribution in [2.24, 2.45) is 0 Å². The maximum Gasteiger partial charge on any atom is 0.119 e. The van der Waals surface area contributed by atoms with Crippen LogP contribution in [-0.4, -0.2) is 21.7 Å². The summed E-state index contributed by atoms with van der Waals surface area (Å²) in [5, 5.41) is 5.40. The Morgan fingerprint density at radius 3 is 2.72 bits per heavy atom. The van der Waals surface area contributed by atoms with Crippen molar-refractivity contribution < 1.29 is 4.74 Å². The Labute approximate surface area is 116 Å². The van der Waals surface area contributed by atoms with Gasteiger partial charge in [-0.25, -0.2) is 4.68 Å². The molecule has 0 aliphatic carbocycles. The lowest BCUT2D eigenvalue weighted by atomic mass is 10.2. The zero-order chi connectivity index (χ0) is 12.8. The highest BCUT2D eigenvalue weighted by Crippen LogP contribution is 2.15. The molecule has 0 spiro atoms. The summed E-state index contributed by atoms with van der Waals surface area (Å²) in [6, 6.07) is 7.98. The molecular weight excluding hydrogens is 292 g/mol. The number of aryl methyl sites for hydroxylation is 1. The first-order valence-corrected chi connectivity index (χ1v) is 7.28. The van der Waals surface area contributed by atoms with Crippen molar-refractivity contribution in [1.29, 1.82) is 0 Å². The van der Waals surface area contributed by atoms with Gasteiger partial charge in [0, 0.05) is 11.5 Å². The molecule has 1 aromatic carbocycles. The molecule has 0 unspecified atom stereocenters. The predicted octanol–water partition coefficient (Wildman–Crippen LogP) is 3.60. The van der Waals surface area contributed by atoms with E-state index in [1.54, 1.807) is 0 Å². The summed E-state index contributed by atoms with van der Waals surface area (Å²) in [4.78, 5) is 0. The molecule has 0 saturated heterocycles. The molecule has 0 aliphatic heterocycles. The number of halogens is 1. The molecular formula is C14H17BrN2O. The fourth-order valence-electron chi connectivity index (χ4n) is 1.76. The second-order valence-corrected chi connectivity index (χ2v) is 4.81. The van der Waals surface area contributed by atoms with Crippen LogP contribution in [0.3, 0.4) is 0 Å². The lowest BCUT2D eigenvalue weighted by Gasteiger charge is -2.04. The maximum atomic E-state index is 5.42. The topological polar surface area (TPSA) is 27.1 Å². The molecule has 4 heteroatoms. The normalized spacial score (nSPS) is 10.6. The molecule has 0 bridgehead atoms. The van der Waals surface area contributed by atoms with Crippen LogP contribution in [0.4, 0.5) is 0 Å². The minimum Gasteiger partial charge on any atom is -0.494 e. The smallest absolute Gasteiger partial charge is 0.119 e. The monoisotopic (exact) mass is 308 g/mol. The predicted molar refractivity (Wildman–Crippen MR) is 76.8 cm³/mol. The van der Waals surface area contributed by atoms with Gasteiger partial charge in [-0.2, -0.15) is 5.10 Å². The summed E-state index contributed by atoms with van der Waals surface area (Å²) in [7, 11) is 0. The third-order valence-electron chi connectivity index (χ3n) is 2.65. The van der Waals surface area contributed by atoms with Crippen molar-refractivity contribution in [3.63, 3.8) is 0 Å². The molecule has 18 heavy (non-hydrogen) atoms. The molecule has 0 radical (unpaired) electrons. The standard InChI is InChI=1S/C14H17BrN2O/c1-2-18-14-7-5-13(6-8-14)17-11-12(10-16-17)4-3-9-15/h5-8,10-11H,2-4,9H2,1H3. The van der Waals surface area contributed by atoms with E-state index in [9.17, 15) is 0 Å². The summed E-state index contributed by atoms with van der Waals surface area (Å²) in [6.45, 7) is 2.68. The number of rotatable bonds is 6. The van der Waals surface area contributed by atoms with Crippen LogP contribution >= 0.6 is 15.9 Å². The summed E-state index contributed by atoms with van der Waals surface area (Å²) in [5.74, 6) is 0.896. The number of hydrogen-bond acceptors (Lipinski definition) is 2. The Morgan fingerprint density at radius 2 is 2.06 bits per heavy atom. The van der Waals surface area contributed by atoms with E-state index >= 15 is 0 Å². The minimum atomic E-state index is 0.692. The van der Waals surface area contributed by atoms with Crippen molar-refractivity contribution in [3.8, 4) is 11.4 Å². The van der Waals surface area contributed by atoms with Crippen LogP contribution in [0.15, 0.2) is 36.7 Å². The fourth-order valence-corrected chi connectivity index (χ4v) is 2.04. The highest BCUT2D eigenvalue weighted by Gasteiger charge is 2.01. The second kappa shape index (κ2) is 6.59. The quantitative estimate of drug-likeness (QED) is 0.762. The molecule has 0 atom stereocenters. The molecule has 0 N–H and O–H groups in total. The lowest BCUT2D eigenvalue weighted by Crippen LogP contribution is -1.95. The Morgan fingerprint density at radius 1 is 1.28 bits per heavy atom.